The number of aromatic nitrogens is 2. The van der Waals surface area contributed by atoms with E-state index in [1.165, 1.54) is 12.8 Å². The van der Waals surface area contributed by atoms with E-state index in [4.69, 9.17) is 4.74 Å². The Bertz CT molecular complexity index is 755. The summed E-state index contributed by atoms with van der Waals surface area (Å²) in [6.45, 7) is 7.18. The van der Waals surface area contributed by atoms with Gasteiger partial charge in [0.25, 0.3) is 5.91 Å². The molecule has 1 saturated heterocycles. The maximum atomic E-state index is 12.4. The van der Waals surface area contributed by atoms with Gasteiger partial charge in [-0.1, -0.05) is 13.3 Å². The van der Waals surface area contributed by atoms with Crippen LogP contribution >= 0.6 is 0 Å². The van der Waals surface area contributed by atoms with Crippen LogP contribution in [0.5, 0.6) is 5.75 Å². The average Bonchev–Trinajstić information content (AvgIpc) is 3.21. The van der Waals surface area contributed by atoms with E-state index in [-0.39, 0.29) is 5.91 Å². The van der Waals surface area contributed by atoms with Crippen LogP contribution in [-0.4, -0.2) is 35.6 Å². The number of hydrogen-bond acceptors (Lipinski definition) is 5. The Labute approximate surface area is 161 Å². The highest BCUT2D eigenvalue weighted by Gasteiger charge is 2.16. The molecule has 1 aromatic heterocycles. The first kappa shape index (κ1) is 19.1. The largest absolute Gasteiger partial charge is 0.494 e. The number of carbonyl (C=O) groups excluding carboxylic acids is 1. The molecule has 0 radical (unpaired) electrons. The molecule has 6 nitrogen and oxygen atoms in total. The minimum Gasteiger partial charge on any atom is -0.494 e. The van der Waals surface area contributed by atoms with Crippen LogP contribution in [0.1, 0.15) is 54.4 Å². The average molecular weight is 368 g/mol. The fourth-order valence-electron chi connectivity index (χ4n) is 3.08. The molecule has 0 bridgehead atoms. The molecule has 1 aromatic carbocycles. The van der Waals surface area contributed by atoms with Crippen molar-refractivity contribution in [3.63, 3.8) is 0 Å². The maximum absolute atomic E-state index is 12.4. The third-order valence-corrected chi connectivity index (χ3v) is 4.60. The van der Waals surface area contributed by atoms with Crippen molar-refractivity contribution in [1.82, 2.24) is 15.3 Å². The SMILES string of the molecule is CCCCOc1ccc(C(=O)NCc2cc(C)nc(N3CCCC3)n2)cc1. The van der Waals surface area contributed by atoms with E-state index in [2.05, 4.69) is 27.1 Å². The van der Waals surface area contributed by atoms with Gasteiger partial charge in [-0.2, -0.15) is 0 Å². The van der Waals surface area contributed by atoms with Gasteiger partial charge in [0.05, 0.1) is 18.8 Å². The van der Waals surface area contributed by atoms with Crippen molar-refractivity contribution in [3.8, 4) is 5.75 Å². The molecule has 27 heavy (non-hydrogen) atoms. The van der Waals surface area contributed by atoms with Crippen LogP contribution in [0.25, 0.3) is 0 Å². The summed E-state index contributed by atoms with van der Waals surface area (Å²) in [6.07, 6.45) is 4.49. The highest BCUT2D eigenvalue weighted by Crippen LogP contribution is 2.17. The van der Waals surface area contributed by atoms with E-state index in [9.17, 15) is 4.79 Å². The second-order valence-electron chi connectivity index (χ2n) is 6.90. The fraction of sp³-hybridized carbons (Fsp3) is 0.476. The number of carbonyl (C=O) groups is 1. The number of ether oxygens (including phenoxy) is 1. The lowest BCUT2D eigenvalue weighted by molar-refractivity contribution is 0.0950. The first-order valence-electron chi connectivity index (χ1n) is 9.76. The summed E-state index contributed by atoms with van der Waals surface area (Å²) >= 11 is 0. The van der Waals surface area contributed by atoms with Gasteiger partial charge in [-0.3, -0.25) is 4.79 Å². The highest BCUT2D eigenvalue weighted by molar-refractivity contribution is 5.94. The van der Waals surface area contributed by atoms with Crippen molar-refractivity contribution >= 4 is 11.9 Å². The Morgan fingerprint density at radius 3 is 2.63 bits per heavy atom. The number of aryl methyl sites for hydroxylation is 1. The topological polar surface area (TPSA) is 67.3 Å². The lowest BCUT2D eigenvalue weighted by Gasteiger charge is -2.16. The highest BCUT2D eigenvalue weighted by atomic mass is 16.5. The Morgan fingerprint density at radius 1 is 1.19 bits per heavy atom. The summed E-state index contributed by atoms with van der Waals surface area (Å²) in [6, 6.07) is 9.18. The van der Waals surface area contributed by atoms with Gasteiger partial charge in [0.15, 0.2) is 0 Å². The molecular formula is C21H28N4O2. The minimum absolute atomic E-state index is 0.117. The summed E-state index contributed by atoms with van der Waals surface area (Å²) in [5, 5.41) is 2.94. The van der Waals surface area contributed by atoms with Crippen LogP contribution in [0.3, 0.4) is 0 Å². The van der Waals surface area contributed by atoms with Crippen LogP contribution in [0.2, 0.25) is 0 Å². The first-order chi connectivity index (χ1) is 13.2. The molecule has 1 aliphatic rings. The molecule has 1 amide bonds. The molecule has 1 aliphatic heterocycles. The Balaban J connectivity index is 1.57. The molecule has 0 atom stereocenters. The summed E-state index contributed by atoms with van der Waals surface area (Å²) in [4.78, 5) is 23.8. The van der Waals surface area contributed by atoms with Gasteiger partial charge in [-0.15, -0.1) is 0 Å². The Hall–Kier alpha value is -2.63. The number of nitrogens with one attached hydrogen (secondary N) is 1. The predicted octanol–water partition coefficient (Wildman–Crippen LogP) is 3.49. The van der Waals surface area contributed by atoms with Gasteiger partial charge >= 0.3 is 0 Å². The Morgan fingerprint density at radius 2 is 1.93 bits per heavy atom. The van der Waals surface area contributed by atoms with Gasteiger partial charge in [-0.05, 0) is 56.5 Å². The molecule has 1 N–H and O–H groups in total. The summed E-state index contributed by atoms with van der Waals surface area (Å²) in [5.74, 6) is 1.45. The number of amides is 1. The number of hydrogen-bond donors (Lipinski definition) is 1. The van der Waals surface area contributed by atoms with Crippen molar-refractivity contribution in [3.05, 3.63) is 47.3 Å². The zero-order chi connectivity index (χ0) is 19.1. The van der Waals surface area contributed by atoms with Crippen molar-refractivity contribution in [2.45, 2.75) is 46.1 Å². The molecule has 144 valence electrons. The van der Waals surface area contributed by atoms with E-state index < -0.39 is 0 Å². The van der Waals surface area contributed by atoms with E-state index in [0.29, 0.717) is 18.7 Å². The molecule has 0 spiro atoms. The summed E-state index contributed by atoms with van der Waals surface area (Å²) in [7, 11) is 0. The normalized spacial score (nSPS) is 13.6. The lowest BCUT2D eigenvalue weighted by atomic mass is 10.2. The first-order valence-corrected chi connectivity index (χ1v) is 9.76. The number of nitrogens with zero attached hydrogens (tertiary/aromatic N) is 3. The van der Waals surface area contributed by atoms with E-state index >= 15 is 0 Å². The maximum Gasteiger partial charge on any atom is 0.251 e. The number of benzene rings is 1. The van der Waals surface area contributed by atoms with Crippen LogP contribution < -0.4 is 15.0 Å². The third kappa shape index (κ3) is 5.42. The molecule has 2 heterocycles. The van der Waals surface area contributed by atoms with Crippen molar-refractivity contribution in [1.29, 1.82) is 0 Å². The van der Waals surface area contributed by atoms with E-state index in [1.54, 1.807) is 12.1 Å². The van der Waals surface area contributed by atoms with Gasteiger partial charge in [-0.25, -0.2) is 9.97 Å². The zero-order valence-electron chi connectivity index (χ0n) is 16.2. The van der Waals surface area contributed by atoms with Crippen molar-refractivity contribution in [2.75, 3.05) is 24.6 Å². The summed E-state index contributed by atoms with van der Waals surface area (Å²) in [5.41, 5.74) is 2.37. The quantitative estimate of drug-likeness (QED) is 0.723. The van der Waals surface area contributed by atoms with Crippen LogP contribution in [-0.2, 0) is 6.54 Å². The molecular weight excluding hydrogens is 340 g/mol. The van der Waals surface area contributed by atoms with E-state index in [0.717, 1.165) is 49.0 Å². The zero-order valence-corrected chi connectivity index (χ0v) is 16.2. The minimum atomic E-state index is -0.117. The molecule has 6 heteroatoms. The van der Waals surface area contributed by atoms with Crippen LogP contribution in [0, 0.1) is 6.92 Å². The van der Waals surface area contributed by atoms with Gasteiger partial charge in [0, 0.05) is 24.3 Å². The number of unbranched alkanes of at least 4 members (excludes halogenated alkanes) is 1. The number of rotatable bonds is 8. The molecule has 0 aliphatic carbocycles. The Kier molecular flexibility index (Phi) is 6.63. The standard InChI is InChI=1S/C21H28N4O2/c1-3-4-13-27-19-9-7-17(8-10-19)20(26)22-15-18-14-16(2)23-21(24-18)25-11-5-6-12-25/h7-10,14H,3-6,11-13,15H2,1-2H3,(H,22,26). The van der Waals surface area contributed by atoms with E-state index in [1.807, 2.05) is 25.1 Å². The smallest absolute Gasteiger partial charge is 0.251 e. The molecule has 0 unspecified atom stereocenters. The van der Waals surface area contributed by atoms with Gasteiger partial charge in [0.2, 0.25) is 5.95 Å². The monoisotopic (exact) mass is 368 g/mol. The molecule has 3 rings (SSSR count). The van der Waals surface area contributed by atoms with Crippen molar-refractivity contribution in [2.24, 2.45) is 0 Å². The predicted molar refractivity (Wildman–Crippen MR) is 106 cm³/mol. The third-order valence-electron chi connectivity index (χ3n) is 4.60. The second kappa shape index (κ2) is 9.35. The molecule has 0 saturated carbocycles. The van der Waals surface area contributed by atoms with Gasteiger partial charge < -0.3 is 15.0 Å². The fourth-order valence-corrected chi connectivity index (χ4v) is 3.08. The number of anilines is 1. The second-order valence-corrected chi connectivity index (χ2v) is 6.90. The van der Waals surface area contributed by atoms with Crippen LogP contribution in [0.15, 0.2) is 30.3 Å². The molecule has 1 fully saturated rings. The van der Waals surface area contributed by atoms with Crippen molar-refractivity contribution < 1.29 is 9.53 Å². The van der Waals surface area contributed by atoms with Gasteiger partial charge in [0.1, 0.15) is 5.75 Å². The molecule has 2 aromatic rings. The van der Waals surface area contributed by atoms with Crippen LogP contribution in [0.4, 0.5) is 5.95 Å². The summed E-state index contributed by atoms with van der Waals surface area (Å²) < 4.78 is 5.63. The lowest BCUT2D eigenvalue weighted by Crippen LogP contribution is -2.25.